The number of hydrogen-bond acceptors (Lipinski definition) is 1. The lowest BCUT2D eigenvalue weighted by Gasteiger charge is -2.29. The molecule has 0 heterocycles. The Balaban J connectivity index is 2.21. The zero-order chi connectivity index (χ0) is 12.0. The standard InChI is InChI=1S/C15H31N/c1-5-16-15(12(2)3)11-10-14-8-6-13(4)7-9-14/h12-16H,5-11H2,1-4H3. The molecule has 0 radical (unpaired) electrons. The van der Waals surface area contributed by atoms with Gasteiger partial charge in [0, 0.05) is 6.04 Å². The van der Waals surface area contributed by atoms with Gasteiger partial charge in [0.1, 0.15) is 0 Å². The van der Waals surface area contributed by atoms with Gasteiger partial charge in [0.25, 0.3) is 0 Å². The highest BCUT2D eigenvalue weighted by molar-refractivity contribution is 4.75. The largest absolute Gasteiger partial charge is 0.314 e. The summed E-state index contributed by atoms with van der Waals surface area (Å²) in [7, 11) is 0. The van der Waals surface area contributed by atoms with Crippen molar-refractivity contribution in [1.29, 1.82) is 0 Å². The lowest BCUT2D eigenvalue weighted by Crippen LogP contribution is -2.34. The van der Waals surface area contributed by atoms with E-state index in [2.05, 4.69) is 33.0 Å². The predicted molar refractivity (Wildman–Crippen MR) is 72.7 cm³/mol. The van der Waals surface area contributed by atoms with Gasteiger partial charge in [-0.3, -0.25) is 0 Å². The van der Waals surface area contributed by atoms with Crippen molar-refractivity contribution in [2.45, 2.75) is 72.3 Å². The molecule has 16 heavy (non-hydrogen) atoms. The third-order valence-electron chi connectivity index (χ3n) is 4.29. The van der Waals surface area contributed by atoms with Crippen LogP contribution in [-0.4, -0.2) is 12.6 Å². The predicted octanol–water partition coefficient (Wildman–Crippen LogP) is 4.23. The quantitative estimate of drug-likeness (QED) is 0.713. The maximum atomic E-state index is 3.63. The van der Waals surface area contributed by atoms with Gasteiger partial charge in [-0.05, 0) is 37.1 Å². The van der Waals surface area contributed by atoms with Gasteiger partial charge >= 0.3 is 0 Å². The third kappa shape index (κ3) is 4.86. The molecule has 1 aliphatic carbocycles. The molecule has 1 heteroatoms. The molecule has 0 spiro atoms. The van der Waals surface area contributed by atoms with Crippen LogP contribution in [0, 0.1) is 17.8 Å². The molecule has 1 nitrogen and oxygen atoms in total. The molecule has 1 fully saturated rings. The van der Waals surface area contributed by atoms with Gasteiger partial charge in [-0.15, -0.1) is 0 Å². The lowest BCUT2D eigenvalue weighted by molar-refractivity contribution is 0.254. The second-order valence-electron chi connectivity index (χ2n) is 6.11. The molecule has 1 unspecified atom stereocenters. The molecule has 0 aromatic rings. The van der Waals surface area contributed by atoms with E-state index in [0.29, 0.717) is 0 Å². The Hall–Kier alpha value is -0.0400. The van der Waals surface area contributed by atoms with Crippen LogP contribution in [0.1, 0.15) is 66.2 Å². The molecule has 1 rings (SSSR count). The van der Waals surface area contributed by atoms with Crippen molar-refractivity contribution in [2.75, 3.05) is 6.54 Å². The SMILES string of the molecule is CCNC(CCC1CCC(C)CC1)C(C)C. The highest BCUT2D eigenvalue weighted by Gasteiger charge is 2.20. The molecule has 1 N–H and O–H groups in total. The van der Waals surface area contributed by atoms with Crippen LogP contribution in [0.25, 0.3) is 0 Å². The van der Waals surface area contributed by atoms with E-state index in [-0.39, 0.29) is 0 Å². The Morgan fingerprint density at radius 2 is 1.75 bits per heavy atom. The summed E-state index contributed by atoms with van der Waals surface area (Å²) in [5.41, 5.74) is 0. The van der Waals surface area contributed by atoms with Crippen LogP contribution in [0.5, 0.6) is 0 Å². The first-order valence-corrected chi connectivity index (χ1v) is 7.36. The van der Waals surface area contributed by atoms with E-state index >= 15 is 0 Å². The minimum Gasteiger partial charge on any atom is -0.314 e. The minimum absolute atomic E-state index is 0.740. The van der Waals surface area contributed by atoms with E-state index in [1.807, 2.05) is 0 Å². The maximum absolute atomic E-state index is 3.63. The average Bonchev–Trinajstić information content (AvgIpc) is 2.26. The second kappa shape index (κ2) is 7.32. The Morgan fingerprint density at radius 3 is 2.25 bits per heavy atom. The molecular weight excluding hydrogens is 194 g/mol. The monoisotopic (exact) mass is 225 g/mol. The van der Waals surface area contributed by atoms with E-state index in [1.165, 1.54) is 38.5 Å². The molecule has 0 saturated heterocycles. The summed E-state index contributed by atoms with van der Waals surface area (Å²) in [6.07, 6.45) is 8.74. The Kier molecular flexibility index (Phi) is 6.41. The fourth-order valence-electron chi connectivity index (χ4n) is 2.97. The number of hydrogen-bond donors (Lipinski definition) is 1. The summed E-state index contributed by atoms with van der Waals surface area (Å²) < 4.78 is 0. The smallest absolute Gasteiger partial charge is 0.00900 e. The summed E-state index contributed by atoms with van der Waals surface area (Å²) in [6, 6.07) is 0.740. The van der Waals surface area contributed by atoms with E-state index in [0.717, 1.165) is 30.3 Å². The topological polar surface area (TPSA) is 12.0 Å². The van der Waals surface area contributed by atoms with Crippen molar-refractivity contribution in [1.82, 2.24) is 5.32 Å². The summed E-state index contributed by atoms with van der Waals surface area (Å²) in [6.45, 7) is 10.4. The minimum atomic E-state index is 0.740. The lowest BCUT2D eigenvalue weighted by atomic mass is 9.80. The molecular formula is C15H31N. The summed E-state index contributed by atoms with van der Waals surface area (Å²) >= 11 is 0. The maximum Gasteiger partial charge on any atom is 0.00900 e. The molecule has 1 atom stereocenters. The molecule has 96 valence electrons. The van der Waals surface area contributed by atoms with Crippen molar-refractivity contribution in [3.8, 4) is 0 Å². The first-order chi connectivity index (χ1) is 7.63. The first kappa shape index (κ1) is 14.0. The first-order valence-electron chi connectivity index (χ1n) is 7.36. The van der Waals surface area contributed by atoms with Crippen LogP contribution in [0.15, 0.2) is 0 Å². The van der Waals surface area contributed by atoms with Gasteiger partial charge in [-0.2, -0.15) is 0 Å². The van der Waals surface area contributed by atoms with E-state index in [4.69, 9.17) is 0 Å². The third-order valence-corrected chi connectivity index (χ3v) is 4.29. The van der Waals surface area contributed by atoms with Gasteiger partial charge in [0.05, 0.1) is 0 Å². The highest BCUT2D eigenvalue weighted by Crippen LogP contribution is 2.31. The Labute approximate surface area is 102 Å². The van der Waals surface area contributed by atoms with Crippen molar-refractivity contribution < 1.29 is 0 Å². The zero-order valence-corrected chi connectivity index (χ0v) is 11.8. The van der Waals surface area contributed by atoms with E-state index in [9.17, 15) is 0 Å². The molecule has 0 amide bonds. The Bertz CT molecular complexity index is 168. The van der Waals surface area contributed by atoms with Crippen LogP contribution < -0.4 is 5.32 Å². The van der Waals surface area contributed by atoms with Crippen molar-refractivity contribution in [3.63, 3.8) is 0 Å². The van der Waals surface area contributed by atoms with Crippen molar-refractivity contribution >= 4 is 0 Å². The molecule has 0 bridgehead atoms. The molecule has 0 aromatic heterocycles. The van der Waals surface area contributed by atoms with Crippen LogP contribution in [0.4, 0.5) is 0 Å². The van der Waals surface area contributed by atoms with Gasteiger partial charge in [-0.25, -0.2) is 0 Å². The molecule has 1 aliphatic rings. The second-order valence-corrected chi connectivity index (χ2v) is 6.11. The average molecular weight is 225 g/mol. The van der Waals surface area contributed by atoms with Gasteiger partial charge in [0.2, 0.25) is 0 Å². The van der Waals surface area contributed by atoms with Crippen LogP contribution in [-0.2, 0) is 0 Å². The fourth-order valence-corrected chi connectivity index (χ4v) is 2.97. The van der Waals surface area contributed by atoms with Crippen molar-refractivity contribution in [2.24, 2.45) is 17.8 Å². The normalized spacial score (nSPS) is 28.3. The molecule has 0 aromatic carbocycles. The van der Waals surface area contributed by atoms with Crippen LogP contribution in [0.3, 0.4) is 0 Å². The Morgan fingerprint density at radius 1 is 1.12 bits per heavy atom. The van der Waals surface area contributed by atoms with Gasteiger partial charge in [0.15, 0.2) is 0 Å². The number of rotatable bonds is 6. The van der Waals surface area contributed by atoms with Gasteiger partial charge < -0.3 is 5.32 Å². The summed E-state index contributed by atoms with van der Waals surface area (Å²) in [5, 5.41) is 3.63. The summed E-state index contributed by atoms with van der Waals surface area (Å²) in [5.74, 6) is 2.80. The summed E-state index contributed by atoms with van der Waals surface area (Å²) in [4.78, 5) is 0. The molecule has 1 saturated carbocycles. The highest BCUT2D eigenvalue weighted by atomic mass is 14.9. The molecule has 0 aliphatic heterocycles. The van der Waals surface area contributed by atoms with Gasteiger partial charge in [-0.1, -0.05) is 53.4 Å². The van der Waals surface area contributed by atoms with E-state index in [1.54, 1.807) is 0 Å². The zero-order valence-electron chi connectivity index (χ0n) is 11.8. The van der Waals surface area contributed by atoms with Crippen LogP contribution in [0.2, 0.25) is 0 Å². The number of nitrogens with one attached hydrogen (secondary N) is 1. The van der Waals surface area contributed by atoms with E-state index < -0.39 is 0 Å². The van der Waals surface area contributed by atoms with Crippen molar-refractivity contribution in [3.05, 3.63) is 0 Å². The fraction of sp³-hybridized carbons (Fsp3) is 1.00. The van der Waals surface area contributed by atoms with Crippen LogP contribution >= 0.6 is 0 Å².